The molecule has 0 saturated carbocycles. The van der Waals surface area contributed by atoms with Crippen molar-refractivity contribution in [2.75, 3.05) is 6.61 Å². The van der Waals surface area contributed by atoms with E-state index in [2.05, 4.69) is 4.98 Å². The Morgan fingerprint density at radius 1 is 1.64 bits per heavy atom. The second-order valence-electron chi connectivity index (χ2n) is 3.40. The van der Waals surface area contributed by atoms with Gasteiger partial charge in [0.15, 0.2) is 0 Å². The van der Waals surface area contributed by atoms with Gasteiger partial charge in [0.1, 0.15) is 0 Å². The predicted molar refractivity (Wildman–Crippen MR) is 51.9 cm³/mol. The summed E-state index contributed by atoms with van der Waals surface area (Å²) in [7, 11) is 0. The van der Waals surface area contributed by atoms with Crippen LogP contribution < -0.4 is 5.69 Å². The van der Waals surface area contributed by atoms with E-state index in [-0.39, 0.29) is 18.3 Å². The van der Waals surface area contributed by atoms with Gasteiger partial charge in [0.2, 0.25) is 0 Å². The van der Waals surface area contributed by atoms with Crippen LogP contribution in [0.25, 0.3) is 0 Å². The molecule has 4 heteroatoms. The zero-order valence-corrected chi connectivity index (χ0v) is 7.76. The van der Waals surface area contributed by atoms with Crippen molar-refractivity contribution >= 4 is 0 Å². The van der Waals surface area contributed by atoms with E-state index in [9.17, 15) is 4.79 Å². The molecule has 1 aliphatic rings. The topological polar surface area (TPSA) is 55.1 Å². The lowest BCUT2D eigenvalue weighted by molar-refractivity contribution is 0.328. The van der Waals surface area contributed by atoms with E-state index in [0.717, 1.165) is 18.4 Å². The Morgan fingerprint density at radius 2 is 2.50 bits per heavy atom. The number of aliphatic hydroxyl groups is 1. The number of aliphatic hydroxyl groups excluding tert-OH is 1. The summed E-state index contributed by atoms with van der Waals surface area (Å²) in [6.45, 7) is 0.0888. The molecule has 74 valence electrons. The predicted octanol–water partition coefficient (Wildman–Crippen LogP) is 0.497. The van der Waals surface area contributed by atoms with Crippen LogP contribution in [0.2, 0.25) is 0 Å². The van der Waals surface area contributed by atoms with Crippen LogP contribution in [0.5, 0.6) is 0 Å². The van der Waals surface area contributed by atoms with Gasteiger partial charge in [-0.05, 0) is 24.5 Å². The molecule has 0 amide bonds. The van der Waals surface area contributed by atoms with Crippen LogP contribution in [0.15, 0.2) is 34.9 Å². The third-order valence-corrected chi connectivity index (χ3v) is 2.49. The highest BCUT2D eigenvalue weighted by atomic mass is 16.3. The monoisotopic (exact) mass is 192 g/mol. The van der Waals surface area contributed by atoms with Crippen LogP contribution in [0, 0.1) is 0 Å². The van der Waals surface area contributed by atoms with Crippen LogP contribution in [0.4, 0.5) is 0 Å². The zero-order valence-electron chi connectivity index (χ0n) is 7.76. The second-order valence-corrected chi connectivity index (χ2v) is 3.40. The molecule has 1 aromatic rings. The van der Waals surface area contributed by atoms with Gasteiger partial charge in [0, 0.05) is 12.4 Å². The Kier molecular flexibility index (Phi) is 2.45. The maximum atomic E-state index is 11.4. The third kappa shape index (κ3) is 1.61. The molecule has 0 unspecified atom stereocenters. The summed E-state index contributed by atoms with van der Waals surface area (Å²) in [6, 6.07) is 1.81. The summed E-state index contributed by atoms with van der Waals surface area (Å²) in [5.74, 6) is 0. The highest BCUT2D eigenvalue weighted by molar-refractivity contribution is 5.13. The van der Waals surface area contributed by atoms with E-state index in [1.54, 1.807) is 16.8 Å². The first-order chi connectivity index (χ1) is 6.81. The summed E-state index contributed by atoms with van der Waals surface area (Å²) in [5, 5.41) is 8.93. The molecule has 2 rings (SSSR count). The van der Waals surface area contributed by atoms with Crippen molar-refractivity contribution in [3.8, 4) is 0 Å². The molecule has 4 nitrogen and oxygen atoms in total. The van der Waals surface area contributed by atoms with Crippen LogP contribution >= 0.6 is 0 Å². The van der Waals surface area contributed by atoms with E-state index in [4.69, 9.17) is 5.11 Å². The zero-order chi connectivity index (χ0) is 9.97. The maximum Gasteiger partial charge on any atom is 0.348 e. The summed E-state index contributed by atoms with van der Waals surface area (Å²) in [6.07, 6.45) is 6.91. The highest BCUT2D eigenvalue weighted by Gasteiger charge is 2.17. The molecule has 0 spiro atoms. The molecular formula is C10H12N2O2. The van der Waals surface area contributed by atoms with Crippen molar-refractivity contribution in [3.63, 3.8) is 0 Å². The van der Waals surface area contributed by atoms with Crippen molar-refractivity contribution in [3.05, 3.63) is 40.6 Å². The van der Waals surface area contributed by atoms with Crippen LogP contribution in [0.3, 0.4) is 0 Å². The number of hydrogen-bond acceptors (Lipinski definition) is 3. The van der Waals surface area contributed by atoms with Gasteiger partial charge < -0.3 is 5.11 Å². The highest BCUT2D eigenvalue weighted by Crippen LogP contribution is 2.26. The average Bonchev–Trinajstić information content (AvgIpc) is 2.67. The standard InChI is InChI=1S/C10H12N2O2/c13-7-8-2-3-9(6-8)12-5-1-4-11-10(12)14/h1,4-6,9,13H,2-3,7H2/t9-/m1/s1. The van der Waals surface area contributed by atoms with Crippen molar-refractivity contribution in [1.29, 1.82) is 0 Å². The Balaban J connectivity index is 2.30. The molecule has 0 radical (unpaired) electrons. The molecule has 1 aliphatic carbocycles. The van der Waals surface area contributed by atoms with Crippen LogP contribution in [-0.4, -0.2) is 21.3 Å². The van der Waals surface area contributed by atoms with Gasteiger partial charge in [-0.1, -0.05) is 6.08 Å². The van der Waals surface area contributed by atoms with Gasteiger partial charge >= 0.3 is 5.69 Å². The van der Waals surface area contributed by atoms with E-state index in [0.29, 0.717) is 0 Å². The molecule has 0 bridgehead atoms. The fourth-order valence-electron chi connectivity index (χ4n) is 1.74. The van der Waals surface area contributed by atoms with Gasteiger partial charge in [0.25, 0.3) is 0 Å². The van der Waals surface area contributed by atoms with Crippen molar-refractivity contribution in [1.82, 2.24) is 9.55 Å². The molecular weight excluding hydrogens is 180 g/mol. The second kappa shape index (κ2) is 3.75. The van der Waals surface area contributed by atoms with E-state index in [1.807, 2.05) is 6.08 Å². The van der Waals surface area contributed by atoms with E-state index < -0.39 is 0 Å². The molecule has 0 saturated heterocycles. The largest absolute Gasteiger partial charge is 0.392 e. The van der Waals surface area contributed by atoms with Gasteiger partial charge in [-0.2, -0.15) is 0 Å². The third-order valence-electron chi connectivity index (χ3n) is 2.49. The molecule has 14 heavy (non-hydrogen) atoms. The number of aromatic nitrogens is 2. The van der Waals surface area contributed by atoms with Crippen LogP contribution in [0.1, 0.15) is 18.9 Å². The fraction of sp³-hybridized carbons (Fsp3) is 0.400. The van der Waals surface area contributed by atoms with Crippen molar-refractivity contribution in [2.45, 2.75) is 18.9 Å². The van der Waals surface area contributed by atoms with Gasteiger partial charge in [-0.15, -0.1) is 0 Å². The van der Waals surface area contributed by atoms with E-state index >= 15 is 0 Å². The lowest BCUT2D eigenvalue weighted by atomic mass is 10.2. The minimum atomic E-state index is -0.229. The summed E-state index contributed by atoms with van der Waals surface area (Å²) in [4.78, 5) is 15.1. The minimum Gasteiger partial charge on any atom is -0.392 e. The number of nitrogens with zero attached hydrogens (tertiary/aromatic N) is 2. The molecule has 1 aromatic heterocycles. The lowest BCUT2D eigenvalue weighted by Gasteiger charge is -2.09. The maximum absolute atomic E-state index is 11.4. The Hall–Kier alpha value is -1.42. The average molecular weight is 192 g/mol. The minimum absolute atomic E-state index is 0.0679. The first-order valence-electron chi connectivity index (χ1n) is 4.65. The van der Waals surface area contributed by atoms with E-state index in [1.165, 1.54) is 6.20 Å². The van der Waals surface area contributed by atoms with Gasteiger partial charge in [-0.25, -0.2) is 9.78 Å². The first kappa shape index (κ1) is 9.15. The number of hydrogen-bond donors (Lipinski definition) is 1. The van der Waals surface area contributed by atoms with Crippen molar-refractivity contribution in [2.24, 2.45) is 0 Å². The summed E-state index contributed by atoms with van der Waals surface area (Å²) >= 11 is 0. The normalized spacial score (nSPS) is 20.9. The Bertz CT molecular complexity index is 409. The van der Waals surface area contributed by atoms with Crippen LogP contribution in [-0.2, 0) is 0 Å². The summed E-state index contributed by atoms with van der Waals surface area (Å²) in [5.41, 5.74) is 0.777. The quantitative estimate of drug-likeness (QED) is 0.694. The fourth-order valence-corrected chi connectivity index (χ4v) is 1.74. The number of allylic oxidation sites excluding steroid dienone is 1. The van der Waals surface area contributed by atoms with Gasteiger partial charge in [0.05, 0.1) is 12.6 Å². The summed E-state index contributed by atoms with van der Waals surface area (Å²) < 4.78 is 1.60. The SMILES string of the molecule is O=c1ncccn1[C@H]1C=C(CO)CC1. The first-order valence-corrected chi connectivity index (χ1v) is 4.65. The molecule has 0 aromatic carbocycles. The number of rotatable bonds is 2. The molecule has 1 N–H and O–H groups in total. The smallest absolute Gasteiger partial charge is 0.348 e. The van der Waals surface area contributed by atoms with Crippen molar-refractivity contribution < 1.29 is 5.11 Å². The molecule has 0 fully saturated rings. The molecule has 1 heterocycles. The van der Waals surface area contributed by atoms with Gasteiger partial charge in [-0.3, -0.25) is 4.57 Å². The lowest BCUT2D eigenvalue weighted by Crippen LogP contribution is -2.24. The Labute approximate surface area is 81.5 Å². The molecule has 1 atom stereocenters. The Morgan fingerprint density at radius 3 is 3.14 bits per heavy atom. The molecule has 0 aliphatic heterocycles.